The van der Waals surface area contributed by atoms with E-state index in [4.69, 9.17) is 14.2 Å². The molecule has 6 nitrogen and oxygen atoms in total. The quantitative estimate of drug-likeness (QED) is 0.442. The van der Waals surface area contributed by atoms with E-state index in [0.29, 0.717) is 18.7 Å². The van der Waals surface area contributed by atoms with Crippen molar-refractivity contribution in [3.05, 3.63) is 39.8 Å². The first-order valence-corrected chi connectivity index (χ1v) is 13.2. The Balaban J connectivity index is 1.36. The van der Waals surface area contributed by atoms with E-state index in [1.54, 1.807) is 17.1 Å². The molecule has 8 heteroatoms. The number of esters is 1. The van der Waals surface area contributed by atoms with E-state index < -0.39 is 12.1 Å². The third-order valence-corrected chi connectivity index (χ3v) is 8.08. The molecule has 0 radical (unpaired) electrons. The number of hydrogen-bond donors (Lipinski definition) is 1. The minimum atomic E-state index is -0.443. The first-order chi connectivity index (χ1) is 15.4. The van der Waals surface area contributed by atoms with Gasteiger partial charge in [0.2, 0.25) is 0 Å². The molecule has 1 aromatic carbocycles. The average Bonchev–Trinajstić information content (AvgIpc) is 3.37. The van der Waals surface area contributed by atoms with Crippen molar-refractivity contribution in [2.75, 3.05) is 12.9 Å². The van der Waals surface area contributed by atoms with Crippen molar-refractivity contribution in [3.63, 3.8) is 0 Å². The number of hydrogen-bond acceptors (Lipinski definition) is 8. The Labute approximate surface area is 197 Å². The normalized spacial score (nSPS) is 27.4. The van der Waals surface area contributed by atoms with E-state index in [9.17, 15) is 9.90 Å². The summed E-state index contributed by atoms with van der Waals surface area (Å²) in [7, 11) is 0. The highest BCUT2D eigenvalue weighted by molar-refractivity contribution is 7.98. The second kappa shape index (κ2) is 10.1. The van der Waals surface area contributed by atoms with Crippen molar-refractivity contribution < 1.29 is 24.1 Å². The zero-order chi connectivity index (χ0) is 22.8. The molecule has 2 heterocycles. The molecule has 32 heavy (non-hydrogen) atoms. The molecule has 1 aliphatic heterocycles. The van der Waals surface area contributed by atoms with Crippen molar-refractivity contribution in [3.8, 4) is 5.75 Å². The van der Waals surface area contributed by atoms with Crippen molar-refractivity contribution in [2.45, 2.75) is 69.3 Å². The van der Waals surface area contributed by atoms with Gasteiger partial charge < -0.3 is 19.3 Å². The molecule has 1 N–H and O–H groups in total. The molecule has 4 rings (SSSR count). The van der Waals surface area contributed by atoms with Gasteiger partial charge in [0, 0.05) is 22.6 Å². The predicted molar refractivity (Wildman–Crippen MR) is 126 cm³/mol. The number of carbonyl (C=O) groups is 1. The molecule has 2 aliphatic rings. The molecule has 1 aromatic heterocycles. The third-order valence-electron chi connectivity index (χ3n) is 6.27. The van der Waals surface area contributed by atoms with E-state index in [1.165, 1.54) is 21.8 Å². The highest BCUT2D eigenvalue weighted by Gasteiger charge is 2.47. The Morgan fingerprint density at radius 3 is 2.94 bits per heavy atom. The number of thiazole rings is 1. The summed E-state index contributed by atoms with van der Waals surface area (Å²) in [5.41, 5.74) is 1.57. The first-order valence-electron chi connectivity index (χ1n) is 11.1. The highest BCUT2D eigenvalue weighted by atomic mass is 32.2. The lowest BCUT2D eigenvalue weighted by Gasteiger charge is -2.33. The molecule has 0 amide bonds. The van der Waals surface area contributed by atoms with Gasteiger partial charge in [-0.2, -0.15) is 0 Å². The average molecular weight is 478 g/mol. The van der Waals surface area contributed by atoms with Crippen LogP contribution in [0.4, 0.5) is 0 Å². The van der Waals surface area contributed by atoms with Gasteiger partial charge in [-0.3, -0.25) is 0 Å². The first kappa shape index (κ1) is 23.5. The zero-order valence-electron chi connectivity index (χ0n) is 18.9. The molecule has 1 aliphatic carbocycles. The van der Waals surface area contributed by atoms with E-state index in [2.05, 4.69) is 30.3 Å². The van der Waals surface area contributed by atoms with Crippen LogP contribution >= 0.6 is 23.1 Å². The van der Waals surface area contributed by atoms with Crippen LogP contribution in [0.2, 0.25) is 0 Å². The predicted octanol–water partition coefficient (Wildman–Crippen LogP) is 5.03. The highest BCUT2D eigenvalue weighted by Crippen LogP contribution is 2.46. The fraction of sp³-hybridized carbons (Fsp3) is 0.583. The lowest BCUT2D eigenvalue weighted by molar-refractivity contribution is -0.0812. The maximum Gasteiger partial charge on any atom is 0.358 e. The number of carbonyl (C=O) groups excluding carboxylic acids is 1. The number of aryl methyl sites for hydroxylation is 1. The van der Waals surface area contributed by atoms with Gasteiger partial charge in [-0.15, -0.1) is 23.1 Å². The van der Waals surface area contributed by atoms with Gasteiger partial charge >= 0.3 is 5.97 Å². The van der Waals surface area contributed by atoms with Crippen LogP contribution in [0.1, 0.15) is 60.3 Å². The lowest BCUT2D eigenvalue weighted by Crippen LogP contribution is -2.33. The summed E-state index contributed by atoms with van der Waals surface area (Å²) < 4.78 is 17.7. The summed E-state index contributed by atoms with van der Waals surface area (Å²) in [6.45, 7) is 6.22. The Bertz CT molecular complexity index is 946. The number of nitrogens with zero attached hydrogens (tertiary/aromatic N) is 1. The van der Waals surface area contributed by atoms with Crippen LogP contribution in [0, 0.1) is 18.8 Å². The molecular weight excluding hydrogens is 446 g/mol. The summed E-state index contributed by atoms with van der Waals surface area (Å²) in [6, 6.07) is 6.13. The van der Waals surface area contributed by atoms with Crippen LogP contribution in [-0.2, 0) is 9.47 Å². The molecule has 0 bridgehead atoms. The van der Waals surface area contributed by atoms with E-state index in [0.717, 1.165) is 23.6 Å². The second-order valence-corrected chi connectivity index (χ2v) is 10.6. The van der Waals surface area contributed by atoms with Crippen LogP contribution < -0.4 is 4.74 Å². The van der Waals surface area contributed by atoms with E-state index in [-0.39, 0.29) is 30.1 Å². The maximum absolute atomic E-state index is 12.1. The van der Waals surface area contributed by atoms with Crippen LogP contribution in [0.15, 0.2) is 28.5 Å². The fourth-order valence-electron chi connectivity index (χ4n) is 4.63. The SMILES string of the molecule is CSc1cc(OC[C@@H]2[C@H]3CC[C@H](c4nc(C(=O)OC(C)C)cs4)O[C@H]3C[C@@H]2O)ccc1C. The number of fused-ring (bicyclic) bond motifs is 1. The standard InChI is InChI=1S/C24H31NO5S2/c1-13(2)29-24(27)18-12-32-23(25-18)20-8-7-16-17(19(26)10-21(16)30-20)11-28-15-6-5-14(3)22(9-15)31-4/h5-6,9,12-13,16-17,19-21,26H,7-8,10-11H2,1-4H3/t16-,17-,19+,20-,21+/m1/s1. The van der Waals surface area contributed by atoms with Gasteiger partial charge in [0.25, 0.3) is 0 Å². The Hall–Kier alpha value is -1.61. The maximum atomic E-state index is 12.1. The van der Waals surface area contributed by atoms with Crippen molar-refractivity contribution >= 4 is 29.1 Å². The molecule has 5 atom stereocenters. The summed E-state index contributed by atoms with van der Waals surface area (Å²) in [5.74, 6) is 0.754. The molecule has 1 saturated carbocycles. The van der Waals surface area contributed by atoms with Gasteiger partial charge in [0.05, 0.1) is 24.9 Å². The van der Waals surface area contributed by atoms with Gasteiger partial charge in [-0.25, -0.2) is 9.78 Å². The van der Waals surface area contributed by atoms with Gasteiger partial charge in [-0.1, -0.05) is 6.07 Å². The summed E-state index contributed by atoms with van der Waals surface area (Å²) in [4.78, 5) is 17.8. The number of aromatic nitrogens is 1. The van der Waals surface area contributed by atoms with Crippen molar-refractivity contribution in [1.82, 2.24) is 4.98 Å². The van der Waals surface area contributed by atoms with Crippen LogP contribution in [0.3, 0.4) is 0 Å². The summed E-state index contributed by atoms with van der Waals surface area (Å²) >= 11 is 3.14. The van der Waals surface area contributed by atoms with E-state index in [1.807, 2.05) is 19.9 Å². The number of aliphatic hydroxyl groups excluding tert-OH is 1. The second-order valence-electron chi connectivity index (χ2n) is 8.84. The number of thioether (sulfide) groups is 1. The van der Waals surface area contributed by atoms with Crippen molar-refractivity contribution in [1.29, 1.82) is 0 Å². The fourth-order valence-corrected chi connectivity index (χ4v) is 6.11. The Kier molecular flexibility index (Phi) is 7.44. The topological polar surface area (TPSA) is 77.9 Å². The Morgan fingerprint density at radius 2 is 2.19 bits per heavy atom. The molecular formula is C24H31NO5S2. The molecule has 1 saturated heterocycles. The summed E-state index contributed by atoms with van der Waals surface area (Å²) in [5, 5.41) is 13.3. The zero-order valence-corrected chi connectivity index (χ0v) is 20.6. The van der Waals surface area contributed by atoms with Crippen LogP contribution in [-0.4, -0.2) is 47.2 Å². The Morgan fingerprint density at radius 1 is 1.38 bits per heavy atom. The molecule has 2 aromatic rings. The number of aliphatic hydroxyl groups is 1. The number of rotatable bonds is 7. The summed E-state index contributed by atoms with van der Waals surface area (Å²) in [6.07, 6.45) is 3.64. The molecule has 0 unspecified atom stereocenters. The molecule has 174 valence electrons. The van der Waals surface area contributed by atoms with Gasteiger partial charge in [0.15, 0.2) is 5.69 Å². The molecule has 0 spiro atoms. The number of benzene rings is 1. The lowest BCUT2D eigenvalue weighted by atomic mass is 9.87. The largest absolute Gasteiger partial charge is 0.493 e. The van der Waals surface area contributed by atoms with Crippen molar-refractivity contribution in [2.24, 2.45) is 11.8 Å². The van der Waals surface area contributed by atoms with E-state index >= 15 is 0 Å². The molecule has 2 fully saturated rings. The van der Waals surface area contributed by atoms with Gasteiger partial charge in [0.1, 0.15) is 16.9 Å². The minimum Gasteiger partial charge on any atom is -0.493 e. The number of ether oxygens (including phenoxy) is 3. The van der Waals surface area contributed by atoms with Crippen LogP contribution in [0.25, 0.3) is 0 Å². The van der Waals surface area contributed by atoms with Gasteiger partial charge in [-0.05, 0) is 63.5 Å². The monoisotopic (exact) mass is 477 g/mol. The smallest absolute Gasteiger partial charge is 0.358 e. The third kappa shape index (κ3) is 5.14. The minimum absolute atomic E-state index is 0.0212. The van der Waals surface area contributed by atoms with Crippen LogP contribution in [0.5, 0.6) is 5.75 Å².